The average molecular weight is 253 g/mol. The maximum Gasteiger partial charge on any atom is 0.242 e. The third kappa shape index (κ3) is 2.70. The molecule has 0 saturated carbocycles. The number of carbonyl (C=O) groups excluding carboxylic acids is 1. The highest BCUT2D eigenvalue weighted by Gasteiger charge is 2.31. The first-order chi connectivity index (χ1) is 8.61. The Bertz CT molecular complexity index is 418. The number of carbonyl (C=O) groups is 1. The molecule has 1 aromatic rings. The lowest BCUT2D eigenvalue weighted by Crippen LogP contribution is -2.48. The molecular weight excluding hydrogens is 234 g/mol. The zero-order chi connectivity index (χ0) is 13.1. The lowest BCUT2D eigenvalue weighted by Gasteiger charge is -2.24. The van der Waals surface area contributed by atoms with Crippen LogP contribution in [0.3, 0.4) is 0 Å². The molecule has 0 aliphatic carbocycles. The van der Waals surface area contributed by atoms with Gasteiger partial charge in [-0.2, -0.15) is 0 Å². The second-order valence-corrected chi connectivity index (χ2v) is 4.45. The molecule has 6 nitrogen and oxygen atoms in total. The highest BCUT2D eigenvalue weighted by molar-refractivity contribution is 5.82. The number of nitrogens with zero attached hydrogens (tertiary/aromatic N) is 2. The van der Waals surface area contributed by atoms with Crippen LogP contribution in [0.25, 0.3) is 0 Å². The van der Waals surface area contributed by atoms with E-state index in [4.69, 9.17) is 9.15 Å². The number of oxazole rings is 1. The molecule has 1 N–H and O–H groups in total. The molecule has 1 saturated heterocycles. The van der Waals surface area contributed by atoms with Crippen molar-refractivity contribution in [3.8, 4) is 0 Å². The third-order valence-electron chi connectivity index (χ3n) is 3.12. The van der Waals surface area contributed by atoms with Gasteiger partial charge in [0.05, 0.1) is 25.5 Å². The van der Waals surface area contributed by atoms with Gasteiger partial charge in [0.2, 0.25) is 5.91 Å². The van der Waals surface area contributed by atoms with Gasteiger partial charge < -0.3 is 19.4 Å². The summed E-state index contributed by atoms with van der Waals surface area (Å²) in [6.07, 6.45) is 1.54. The Kier molecular flexibility index (Phi) is 3.98. The summed E-state index contributed by atoms with van der Waals surface area (Å²) in [5.41, 5.74) is 0. The van der Waals surface area contributed by atoms with E-state index in [0.29, 0.717) is 31.3 Å². The van der Waals surface area contributed by atoms with E-state index in [1.54, 1.807) is 25.1 Å². The maximum atomic E-state index is 12.3. The maximum absolute atomic E-state index is 12.3. The molecule has 6 heteroatoms. The van der Waals surface area contributed by atoms with Crippen molar-refractivity contribution in [3.05, 3.63) is 17.8 Å². The quantitative estimate of drug-likeness (QED) is 0.840. The molecule has 2 rings (SSSR count). The van der Waals surface area contributed by atoms with Crippen LogP contribution in [-0.4, -0.2) is 48.1 Å². The molecule has 2 atom stereocenters. The van der Waals surface area contributed by atoms with Gasteiger partial charge in [-0.1, -0.05) is 0 Å². The van der Waals surface area contributed by atoms with Crippen molar-refractivity contribution in [1.82, 2.24) is 15.2 Å². The molecule has 0 spiro atoms. The first-order valence-electron chi connectivity index (χ1n) is 6.10. The molecule has 2 heterocycles. The Morgan fingerprint density at radius 2 is 2.39 bits per heavy atom. The molecule has 1 amide bonds. The molecule has 1 aliphatic heterocycles. The normalized spacial score (nSPS) is 25.3. The second-order valence-electron chi connectivity index (χ2n) is 4.45. The Labute approximate surface area is 106 Å². The number of aryl methyl sites for hydroxylation is 1. The summed E-state index contributed by atoms with van der Waals surface area (Å²) in [6.45, 7) is 5.24. The van der Waals surface area contributed by atoms with Crippen LogP contribution in [0.15, 0.2) is 10.6 Å². The molecule has 1 aromatic heterocycles. The third-order valence-corrected chi connectivity index (χ3v) is 3.12. The van der Waals surface area contributed by atoms with Crippen molar-refractivity contribution in [3.63, 3.8) is 0 Å². The number of aromatic nitrogens is 1. The van der Waals surface area contributed by atoms with Gasteiger partial charge in [-0.15, -0.1) is 0 Å². The minimum Gasteiger partial charge on any atom is -0.444 e. The van der Waals surface area contributed by atoms with E-state index in [0.717, 1.165) is 0 Å². The smallest absolute Gasteiger partial charge is 0.242 e. The largest absolute Gasteiger partial charge is 0.444 e. The molecular formula is C12H19N3O3. The van der Waals surface area contributed by atoms with Crippen molar-refractivity contribution < 1.29 is 13.9 Å². The Morgan fingerprint density at radius 3 is 3.00 bits per heavy atom. The SMILES string of the molecule is CNC1C(=O)N(Cc2cnc(C)o2)CCOC1C. The van der Waals surface area contributed by atoms with E-state index in [-0.39, 0.29) is 18.1 Å². The van der Waals surface area contributed by atoms with Crippen LogP contribution in [0.5, 0.6) is 0 Å². The van der Waals surface area contributed by atoms with Gasteiger partial charge in [-0.25, -0.2) is 4.98 Å². The number of rotatable bonds is 3. The lowest BCUT2D eigenvalue weighted by molar-refractivity contribution is -0.134. The minimum absolute atomic E-state index is 0.0385. The van der Waals surface area contributed by atoms with Crippen molar-refractivity contribution in [2.45, 2.75) is 32.5 Å². The monoisotopic (exact) mass is 253 g/mol. The summed E-state index contributed by atoms with van der Waals surface area (Å²) < 4.78 is 11.0. The Morgan fingerprint density at radius 1 is 1.61 bits per heavy atom. The first-order valence-corrected chi connectivity index (χ1v) is 6.10. The standard InChI is InChI=1S/C12H19N3O3/c1-8-11(13-3)12(16)15(4-5-17-8)7-10-6-14-9(2)18-10/h6,8,11,13H,4-5,7H2,1-3H3. The molecule has 0 bridgehead atoms. The number of nitrogens with one attached hydrogen (secondary N) is 1. The number of hydrogen-bond acceptors (Lipinski definition) is 5. The highest BCUT2D eigenvalue weighted by Crippen LogP contribution is 2.13. The molecule has 1 aliphatic rings. The predicted octanol–water partition coefficient (Wildman–Crippen LogP) is 0.318. The van der Waals surface area contributed by atoms with Crippen molar-refractivity contribution >= 4 is 5.91 Å². The fraction of sp³-hybridized carbons (Fsp3) is 0.667. The van der Waals surface area contributed by atoms with E-state index in [1.807, 2.05) is 6.92 Å². The van der Waals surface area contributed by atoms with Gasteiger partial charge >= 0.3 is 0 Å². The van der Waals surface area contributed by atoms with Crippen LogP contribution in [0.4, 0.5) is 0 Å². The van der Waals surface area contributed by atoms with Gasteiger partial charge in [0, 0.05) is 13.5 Å². The predicted molar refractivity (Wildman–Crippen MR) is 64.9 cm³/mol. The van der Waals surface area contributed by atoms with Crippen molar-refractivity contribution in [2.24, 2.45) is 0 Å². The molecule has 0 aromatic carbocycles. The van der Waals surface area contributed by atoms with E-state index in [1.165, 1.54) is 0 Å². The zero-order valence-electron chi connectivity index (χ0n) is 11.0. The summed E-state index contributed by atoms with van der Waals surface area (Å²) >= 11 is 0. The fourth-order valence-electron chi connectivity index (χ4n) is 2.13. The molecule has 0 radical (unpaired) electrons. The zero-order valence-corrected chi connectivity index (χ0v) is 11.0. The van der Waals surface area contributed by atoms with Crippen LogP contribution < -0.4 is 5.32 Å². The van der Waals surface area contributed by atoms with Gasteiger partial charge in [0.15, 0.2) is 5.89 Å². The Balaban J connectivity index is 2.09. The summed E-state index contributed by atoms with van der Waals surface area (Å²) in [5, 5.41) is 3.00. The summed E-state index contributed by atoms with van der Waals surface area (Å²) in [5.74, 6) is 1.35. The van der Waals surface area contributed by atoms with Gasteiger partial charge in [0.25, 0.3) is 0 Å². The number of hydrogen-bond donors (Lipinski definition) is 1. The number of amides is 1. The van der Waals surface area contributed by atoms with Crippen LogP contribution >= 0.6 is 0 Å². The topological polar surface area (TPSA) is 67.6 Å². The van der Waals surface area contributed by atoms with E-state index < -0.39 is 0 Å². The van der Waals surface area contributed by atoms with Crippen LogP contribution in [0.1, 0.15) is 18.6 Å². The number of ether oxygens (including phenoxy) is 1. The average Bonchev–Trinajstić information content (AvgIpc) is 2.68. The van der Waals surface area contributed by atoms with E-state index >= 15 is 0 Å². The van der Waals surface area contributed by atoms with Gasteiger partial charge in [-0.3, -0.25) is 4.79 Å². The molecule has 1 fully saturated rings. The molecule has 18 heavy (non-hydrogen) atoms. The summed E-state index contributed by atoms with van der Waals surface area (Å²) in [6, 6.07) is -0.309. The van der Waals surface area contributed by atoms with Crippen LogP contribution in [0.2, 0.25) is 0 Å². The molecule has 100 valence electrons. The summed E-state index contributed by atoms with van der Waals surface area (Å²) in [4.78, 5) is 18.1. The Hall–Kier alpha value is -1.40. The van der Waals surface area contributed by atoms with Crippen molar-refractivity contribution in [1.29, 1.82) is 0 Å². The number of likely N-dealkylation sites (N-methyl/N-ethyl adjacent to an activating group) is 1. The second kappa shape index (κ2) is 5.49. The fourth-order valence-corrected chi connectivity index (χ4v) is 2.13. The lowest BCUT2D eigenvalue weighted by atomic mass is 10.1. The van der Waals surface area contributed by atoms with Crippen LogP contribution in [0, 0.1) is 6.92 Å². The van der Waals surface area contributed by atoms with Gasteiger partial charge in [0.1, 0.15) is 11.8 Å². The minimum atomic E-state index is -0.309. The highest BCUT2D eigenvalue weighted by atomic mass is 16.5. The van der Waals surface area contributed by atoms with Crippen molar-refractivity contribution in [2.75, 3.05) is 20.2 Å². The van der Waals surface area contributed by atoms with Crippen LogP contribution in [-0.2, 0) is 16.1 Å². The van der Waals surface area contributed by atoms with E-state index in [9.17, 15) is 4.79 Å². The van der Waals surface area contributed by atoms with E-state index in [2.05, 4.69) is 10.3 Å². The molecule has 2 unspecified atom stereocenters. The summed E-state index contributed by atoms with van der Waals surface area (Å²) in [7, 11) is 1.77. The van der Waals surface area contributed by atoms with Gasteiger partial charge in [-0.05, 0) is 14.0 Å². The first kappa shape index (κ1) is 13.0.